The summed E-state index contributed by atoms with van der Waals surface area (Å²) in [5, 5.41) is 3.67. The van der Waals surface area contributed by atoms with Crippen molar-refractivity contribution in [1.82, 2.24) is 10.2 Å². The Morgan fingerprint density at radius 3 is 2.48 bits per heavy atom. The van der Waals surface area contributed by atoms with Crippen molar-refractivity contribution in [3.63, 3.8) is 0 Å². The maximum absolute atomic E-state index is 13.1. The van der Waals surface area contributed by atoms with Crippen LogP contribution in [0.4, 0.5) is 0 Å². The zero-order valence-corrected chi connectivity index (χ0v) is 19.2. The maximum Gasteiger partial charge on any atom is 0.242 e. The van der Waals surface area contributed by atoms with Gasteiger partial charge in [-0.2, -0.15) is 0 Å². The van der Waals surface area contributed by atoms with Crippen LogP contribution in [-0.4, -0.2) is 35.6 Å². The van der Waals surface area contributed by atoms with Crippen molar-refractivity contribution in [1.29, 1.82) is 0 Å². The average Bonchev–Trinajstić information content (AvgIpc) is 2.70. The lowest BCUT2D eigenvalue weighted by Gasteiger charge is -2.30. The third kappa shape index (κ3) is 6.66. The van der Waals surface area contributed by atoms with E-state index in [0.29, 0.717) is 16.5 Å². The molecule has 7 heteroatoms. The first-order valence-corrected chi connectivity index (χ1v) is 11.4. The number of rotatable bonds is 9. The molecule has 0 aliphatic carbocycles. The first-order valence-electron chi connectivity index (χ1n) is 9.44. The second-order valence-corrected chi connectivity index (χ2v) is 8.54. The van der Waals surface area contributed by atoms with Gasteiger partial charge in [0.15, 0.2) is 0 Å². The van der Waals surface area contributed by atoms with Crippen molar-refractivity contribution < 1.29 is 9.59 Å². The number of halogens is 2. The Labute approximate surface area is 187 Å². The molecule has 156 valence electrons. The number of hydrogen-bond acceptors (Lipinski definition) is 3. The molecule has 0 spiro atoms. The van der Waals surface area contributed by atoms with Gasteiger partial charge in [-0.25, -0.2) is 0 Å². The van der Waals surface area contributed by atoms with E-state index in [9.17, 15) is 9.59 Å². The van der Waals surface area contributed by atoms with E-state index in [-0.39, 0.29) is 24.1 Å². The fourth-order valence-corrected chi connectivity index (χ4v) is 4.48. The third-order valence-electron chi connectivity index (χ3n) is 4.73. The Balaban J connectivity index is 2.15. The van der Waals surface area contributed by atoms with Gasteiger partial charge in [0.2, 0.25) is 11.8 Å². The van der Waals surface area contributed by atoms with E-state index < -0.39 is 6.04 Å². The number of carbonyl (C=O) groups excluding carboxylic acids is 2. The van der Waals surface area contributed by atoms with Crippen molar-refractivity contribution in [2.24, 2.45) is 0 Å². The molecule has 0 aromatic heterocycles. The molecule has 0 saturated carbocycles. The Morgan fingerprint density at radius 1 is 1.14 bits per heavy atom. The Bertz CT molecular complexity index is 860. The summed E-state index contributed by atoms with van der Waals surface area (Å²) in [7, 11) is 1.58. The molecule has 0 heterocycles. The molecule has 0 aliphatic rings. The van der Waals surface area contributed by atoms with Gasteiger partial charge in [-0.1, -0.05) is 60.5 Å². The quantitative estimate of drug-likeness (QED) is 0.576. The molecule has 2 aromatic rings. The van der Waals surface area contributed by atoms with Crippen molar-refractivity contribution in [3.8, 4) is 0 Å². The van der Waals surface area contributed by atoms with E-state index >= 15 is 0 Å². The highest BCUT2D eigenvalue weighted by atomic mass is 35.5. The number of hydrogen-bond donors (Lipinski definition) is 1. The topological polar surface area (TPSA) is 49.4 Å². The number of carbonyl (C=O) groups is 2. The monoisotopic (exact) mass is 452 g/mol. The number of benzene rings is 2. The first kappa shape index (κ1) is 23.6. The second-order valence-electron chi connectivity index (χ2n) is 6.71. The van der Waals surface area contributed by atoms with Crippen molar-refractivity contribution in [2.75, 3.05) is 12.8 Å². The van der Waals surface area contributed by atoms with Gasteiger partial charge in [-0.05, 0) is 42.2 Å². The van der Waals surface area contributed by atoms with Crippen molar-refractivity contribution in [2.45, 2.75) is 38.6 Å². The normalized spacial score (nSPS) is 11.8. The van der Waals surface area contributed by atoms with Crippen LogP contribution in [0.15, 0.2) is 42.5 Å². The van der Waals surface area contributed by atoms with E-state index in [1.807, 2.05) is 19.1 Å². The number of nitrogens with zero attached hydrogens (tertiary/aromatic N) is 1. The number of likely N-dealkylation sites (N-methyl/N-ethyl adjacent to an activating group) is 1. The molecule has 2 amide bonds. The largest absolute Gasteiger partial charge is 0.357 e. The van der Waals surface area contributed by atoms with E-state index in [0.717, 1.165) is 11.3 Å². The van der Waals surface area contributed by atoms with Crippen LogP contribution < -0.4 is 5.32 Å². The molecule has 0 aliphatic heterocycles. The molecule has 2 aromatic carbocycles. The van der Waals surface area contributed by atoms with Gasteiger partial charge in [-0.15, -0.1) is 11.8 Å². The SMILES string of the molecule is CCC(C(=O)NC)N(Cc1ccc(Cl)cc1Cl)C(=O)CSCc1ccccc1C. The van der Waals surface area contributed by atoms with Crippen LogP contribution in [0.5, 0.6) is 0 Å². The van der Waals surface area contributed by atoms with Crippen LogP contribution in [0.3, 0.4) is 0 Å². The van der Waals surface area contributed by atoms with Crippen LogP contribution in [0.1, 0.15) is 30.0 Å². The standard InChI is InChI=1S/C22H26Cl2N2O2S/c1-4-20(22(28)25-3)26(12-16-9-10-18(23)11-19(16)24)21(27)14-29-13-17-8-6-5-7-15(17)2/h5-11,20H,4,12-14H2,1-3H3,(H,25,28). The number of aryl methyl sites for hydroxylation is 1. The zero-order chi connectivity index (χ0) is 21.4. The van der Waals surface area contributed by atoms with E-state index in [1.165, 1.54) is 11.1 Å². The van der Waals surface area contributed by atoms with Gasteiger partial charge in [-0.3, -0.25) is 9.59 Å². The second kappa shape index (κ2) is 11.5. The average molecular weight is 453 g/mol. The lowest BCUT2D eigenvalue weighted by Crippen LogP contribution is -2.48. The van der Waals surface area contributed by atoms with E-state index in [2.05, 4.69) is 24.4 Å². The highest BCUT2D eigenvalue weighted by Gasteiger charge is 2.28. The zero-order valence-electron chi connectivity index (χ0n) is 16.9. The van der Waals surface area contributed by atoms with Crippen LogP contribution in [0.2, 0.25) is 10.0 Å². The lowest BCUT2D eigenvalue weighted by atomic mass is 10.1. The molecule has 0 fully saturated rings. The van der Waals surface area contributed by atoms with Crippen LogP contribution in [0.25, 0.3) is 0 Å². The fraction of sp³-hybridized carbons (Fsp3) is 0.364. The van der Waals surface area contributed by atoms with Gasteiger partial charge in [0.05, 0.1) is 5.75 Å². The molecule has 1 N–H and O–H groups in total. The molecule has 4 nitrogen and oxygen atoms in total. The minimum absolute atomic E-state index is 0.0925. The van der Waals surface area contributed by atoms with E-state index in [4.69, 9.17) is 23.2 Å². The van der Waals surface area contributed by atoms with Gasteiger partial charge in [0.25, 0.3) is 0 Å². The van der Waals surface area contributed by atoms with Crippen molar-refractivity contribution in [3.05, 3.63) is 69.2 Å². The Kier molecular flexibility index (Phi) is 9.34. The summed E-state index contributed by atoms with van der Waals surface area (Å²) in [4.78, 5) is 27.1. The smallest absolute Gasteiger partial charge is 0.242 e. The fourth-order valence-electron chi connectivity index (χ4n) is 3.02. The van der Waals surface area contributed by atoms with Gasteiger partial charge < -0.3 is 10.2 Å². The van der Waals surface area contributed by atoms with Gasteiger partial charge in [0.1, 0.15) is 6.04 Å². The molecule has 2 rings (SSSR count). The molecular formula is C22H26Cl2N2O2S. The van der Waals surface area contributed by atoms with Gasteiger partial charge in [0, 0.05) is 29.4 Å². The summed E-state index contributed by atoms with van der Waals surface area (Å²) in [6.45, 7) is 4.21. The third-order valence-corrected chi connectivity index (χ3v) is 6.29. The molecule has 1 atom stereocenters. The molecule has 0 saturated heterocycles. The molecule has 1 unspecified atom stereocenters. The van der Waals surface area contributed by atoms with Crippen LogP contribution in [-0.2, 0) is 21.9 Å². The molecule has 0 bridgehead atoms. The van der Waals surface area contributed by atoms with Gasteiger partial charge >= 0.3 is 0 Å². The highest BCUT2D eigenvalue weighted by Crippen LogP contribution is 2.24. The maximum atomic E-state index is 13.1. The van der Waals surface area contributed by atoms with E-state index in [1.54, 1.807) is 41.9 Å². The minimum atomic E-state index is -0.557. The highest BCUT2D eigenvalue weighted by molar-refractivity contribution is 7.99. The Hall–Kier alpha value is -1.69. The Morgan fingerprint density at radius 2 is 1.86 bits per heavy atom. The summed E-state index contributed by atoms with van der Waals surface area (Å²) in [5.41, 5.74) is 3.17. The number of thioether (sulfide) groups is 1. The number of amides is 2. The predicted octanol–water partition coefficient (Wildman–Crippen LogP) is 5.09. The van der Waals surface area contributed by atoms with Crippen LogP contribution in [0, 0.1) is 6.92 Å². The predicted molar refractivity (Wildman–Crippen MR) is 122 cm³/mol. The minimum Gasteiger partial charge on any atom is -0.357 e. The lowest BCUT2D eigenvalue weighted by molar-refractivity contribution is -0.139. The van der Waals surface area contributed by atoms with Crippen molar-refractivity contribution >= 4 is 46.8 Å². The summed E-state index contributed by atoms with van der Waals surface area (Å²) in [6.07, 6.45) is 0.513. The number of nitrogens with one attached hydrogen (secondary N) is 1. The van der Waals surface area contributed by atoms with Crippen LogP contribution >= 0.6 is 35.0 Å². The summed E-state index contributed by atoms with van der Waals surface area (Å²) in [5.74, 6) is 0.748. The molecule has 0 radical (unpaired) electrons. The first-order chi connectivity index (χ1) is 13.9. The summed E-state index contributed by atoms with van der Waals surface area (Å²) in [6, 6.07) is 12.7. The molecule has 29 heavy (non-hydrogen) atoms. The summed E-state index contributed by atoms with van der Waals surface area (Å²) >= 11 is 13.8. The summed E-state index contributed by atoms with van der Waals surface area (Å²) < 4.78 is 0. The molecular weight excluding hydrogens is 427 g/mol.